The van der Waals surface area contributed by atoms with E-state index >= 15 is 0 Å². The van der Waals surface area contributed by atoms with Gasteiger partial charge in [0.05, 0.1) is 24.8 Å². The van der Waals surface area contributed by atoms with Crippen LogP contribution in [0.1, 0.15) is 10.5 Å². The van der Waals surface area contributed by atoms with Crippen LogP contribution in [0.25, 0.3) is 10.9 Å². The van der Waals surface area contributed by atoms with E-state index in [0.29, 0.717) is 11.1 Å². The summed E-state index contributed by atoms with van der Waals surface area (Å²) in [5.74, 6) is -0.382. The van der Waals surface area contributed by atoms with Crippen LogP contribution in [0, 0.1) is 0 Å². The molecule has 0 bridgehead atoms. The molecule has 0 saturated heterocycles. The van der Waals surface area contributed by atoms with Crippen LogP contribution in [0.15, 0.2) is 18.2 Å². The Balaban J connectivity index is 2.23. The number of aliphatic hydroxyl groups is 1. The Morgan fingerprint density at radius 2 is 2.42 bits per heavy atom. The summed E-state index contributed by atoms with van der Waals surface area (Å²) >= 11 is 0. The number of H-pyrrole nitrogens is 1. The molecule has 19 heavy (non-hydrogen) atoms. The summed E-state index contributed by atoms with van der Waals surface area (Å²) in [6.45, 7) is 0.0246. The fourth-order valence-corrected chi connectivity index (χ4v) is 1.80. The van der Waals surface area contributed by atoms with E-state index in [1.54, 1.807) is 18.2 Å². The normalized spacial score (nSPS) is 12.5. The number of aromatic amines is 1. The minimum atomic E-state index is -0.467. The lowest BCUT2D eigenvalue weighted by molar-refractivity contribution is 0.0836. The van der Waals surface area contributed by atoms with E-state index in [1.165, 1.54) is 7.11 Å². The second-order valence-corrected chi connectivity index (χ2v) is 4.19. The molecule has 7 heteroatoms. The fourth-order valence-electron chi connectivity index (χ4n) is 1.80. The molecular formula is C12H16N4O3. The number of rotatable bonds is 5. The van der Waals surface area contributed by atoms with E-state index in [4.69, 9.17) is 15.6 Å². The van der Waals surface area contributed by atoms with Gasteiger partial charge in [-0.15, -0.1) is 0 Å². The number of nitrogens with zero attached hydrogens (tertiary/aromatic N) is 1. The van der Waals surface area contributed by atoms with Crippen LogP contribution in [0.4, 0.5) is 5.69 Å². The third-order valence-corrected chi connectivity index (χ3v) is 2.73. The average molecular weight is 264 g/mol. The molecule has 5 N–H and O–H groups in total. The number of fused-ring (bicyclic) bond motifs is 1. The summed E-state index contributed by atoms with van der Waals surface area (Å²) in [6, 6.07) is 4.69. The number of carbonyl (C=O) groups is 1. The third kappa shape index (κ3) is 2.83. The molecule has 1 atom stereocenters. The first-order chi connectivity index (χ1) is 9.15. The number of anilines is 1. The first-order valence-electron chi connectivity index (χ1n) is 5.80. The standard InChI is InChI=1S/C12H16N4O3/c1-19-6-8(5-17)14-12(18)11-9-4-7(13)2-3-10(9)15-16-11/h2-4,8,17H,5-6,13H2,1H3,(H,14,18)(H,15,16). The van der Waals surface area contributed by atoms with E-state index in [9.17, 15) is 4.79 Å². The predicted octanol–water partition coefficient (Wildman–Crippen LogP) is -0.118. The summed E-state index contributed by atoms with van der Waals surface area (Å²) in [6.07, 6.45) is 0. The second kappa shape index (κ2) is 5.68. The smallest absolute Gasteiger partial charge is 0.272 e. The van der Waals surface area contributed by atoms with Crippen LogP contribution in [-0.2, 0) is 4.74 Å². The lowest BCUT2D eigenvalue weighted by Crippen LogP contribution is -2.40. The molecule has 1 heterocycles. The minimum Gasteiger partial charge on any atom is -0.399 e. The molecule has 0 spiro atoms. The monoisotopic (exact) mass is 264 g/mol. The first-order valence-corrected chi connectivity index (χ1v) is 5.80. The molecule has 1 aromatic heterocycles. The summed E-state index contributed by atoms with van der Waals surface area (Å²) in [4.78, 5) is 12.1. The topological polar surface area (TPSA) is 113 Å². The number of methoxy groups -OCH3 is 1. The number of nitrogens with one attached hydrogen (secondary N) is 2. The fraction of sp³-hybridized carbons (Fsp3) is 0.333. The number of nitrogen functional groups attached to an aromatic ring is 1. The van der Waals surface area contributed by atoms with Crippen LogP contribution >= 0.6 is 0 Å². The maximum Gasteiger partial charge on any atom is 0.272 e. The Hall–Kier alpha value is -2.12. The van der Waals surface area contributed by atoms with E-state index in [0.717, 1.165) is 5.52 Å². The molecule has 0 radical (unpaired) electrons. The first kappa shape index (κ1) is 13.3. The molecule has 1 unspecified atom stereocenters. The molecule has 102 valence electrons. The van der Waals surface area contributed by atoms with E-state index in [2.05, 4.69) is 15.5 Å². The Labute approximate surface area is 109 Å². The highest BCUT2D eigenvalue weighted by molar-refractivity contribution is 6.05. The molecule has 0 aliphatic heterocycles. The molecule has 2 aromatic rings. The van der Waals surface area contributed by atoms with Gasteiger partial charge in [-0.05, 0) is 18.2 Å². The van der Waals surface area contributed by atoms with Gasteiger partial charge < -0.3 is 20.9 Å². The van der Waals surface area contributed by atoms with Crippen molar-refractivity contribution in [1.29, 1.82) is 0 Å². The predicted molar refractivity (Wildman–Crippen MR) is 70.7 cm³/mol. The van der Waals surface area contributed by atoms with Crippen LogP contribution in [-0.4, -0.2) is 47.6 Å². The highest BCUT2D eigenvalue weighted by atomic mass is 16.5. The number of aromatic nitrogens is 2. The molecule has 0 aliphatic carbocycles. The van der Waals surface area contributed by atoms with E-state index in [1.807, 2.05) is 0 Å². The summed E-state index contributed by atoms with van der Waals surface area (Å²) < 4.78 is 4.90. The summed E-state index contributed by atoms with van der Waals surface area (Å²) in [5.41, 5.74) is 7.22. The van der Waals surface area contributed by atoms with Gasteiger partial charge in [0.15, 0.2) is 5.69 Å². The van der Waals surface area contributed by atoms with Crippen molar-refractivity contribution < 1.29 is 14.6 Å². The van der Waals surface area contributed by atoms with Crippen molar-refractivity contribution in [3.05, 3.63) is 23.9 Å². The summed E-state index contributed by atoms with van der Waals surface area (Å²) in [5, 5.41) is 19.1. The number of nitrogens with two attached hydrogens (primary N) is 1. The Bertz CT molecular complexity index is 581. The molecule has 1 amide bonds. The Morgan fingerprint density at radius 1 is 1.63 bits per heavy atom. The van der Waals surface area contributed by atoms with E-state index < -0.39 is 6.04 Å². The highest BCUT2D eigenvalue weighted by Gasteiger charge is 2.17. The van der Waals surface area contributed by atoms with Crippen LogP contribution in [0.3, 0.4) is 0 Å². The zero-order chi connectivity index (χ0) is 13.8. The van der Waals surface area contributed by atoms with Gasteiger partial charge in [0.25, 0.3) is 5.91 Å². The maximum atomic E-state index is 12.1. The number of carbonyl (C=O) groups excluding carboxylic acids is 1. The highest BCUT2D eigenvalue weighted by Crippen LogP contribution is 2.18. The van der Waals surface area contributed by atoms with Crippen LogP contribution < -0.4 is 11.1 Å². The Kier molecular flexibility index (Phi) is 3.98. The largest absolute Gasteiger partial charge is 0.399 e. The van der Waals surface area contributed by atoms with Crippen LogP contribution in [0.5, 0.6) is 0 Å². The number of ether oxygens (including phenoxy) is 1. The lowest BCUT2D eigenvalue weighted by atomic mass is 10.2. The van der Waals surface area contributed by atoms with Crippen molar-refractivity contribution in [2.75, 3.05) is 26.1 Å². The van der Waals surface area contributed by atoms with Crippen molar-refractivity contribution in [2.45, 2.75) is 6.04 Å². The van der Waals surface area contributed by atoms with Crippen LogP contribution in [0.2, 0.25) is 0 Å². The SMILES string of the molecule is COCC(CO)NC(=O)c1n[nH]c2ccc(N)cc12. The number of amides is 1. The van der Waals surface area contributed by atoms with Gasteiger partial charge in [0, 0.05) is 18.2 Å². The number of hydrogen-bond donors (Lipinski definition) is 4. The minimum absolute atomic E-state index is 0.204. The van der Waals surface area contributed by atoms with Crippen molar-refractivity contribution in [2.24, 2.45) is 0 Å². The number of hydrogen-bond acceptors (Lipinski definition) is 5. The Morgan fingerprint density at radius 3 is 3.11 bits per heavy atom. The summed E-state index contributed by atoms with van der Waals surface area (Å²) in [7, 11) is 1.50. The molecular weight excluding hydrogens is 248 g/mol. The van der Waals surface area contributed by atoms with Crippen molar-refractivity contribution in [1.82, 2.24) is 15.5 Å². The zero-order valence-corrected chi connectivity index (χ0v) is 10.5. The zero-order valence-electron chi connectivity index (χ0n) is 10.5. The molecule has 2 rings (SSSR count). The lowest BCUT2D eigenvalue weighted by Gasteiger charge is -2.14. The third-order valence-electron chi connectivity index (χ3n) is 2.73. The van der Waals surface area contributed by atoms with Gasteiger partial charge in [-0.25, -0.2) is 0 Å². The molecule has 0 saturated carbocycles. The van der Waals surface area contributed by atoms with Crippen molar-refractivity contribution >= 4 is 22.5 Å². The molecule has 7 nitrogen and oxygen atoms in total. The van der Waals surface area contributed by atoms with Gasteiger partial charge in [0.1, 0.15) is 0 Å². The van der Waals surface area contributed by atoms with Gasteiger partial charge in [0.2, 0.25) is 0 Å². The van der Waals surface area contributed by atoms with E-state index in [-0.39, 0.29) is 24.8 Å². The average Bonchev–Trinajstić information content (AvgIpc) is 2.81. The van der Waals surface area contributed by atoms with Crippen molar-refractivity contribution in [3.63, 3.8) is 0 Å². The number of benzene rings is 1. The van der Waals surface area contributed by atoms with Gasteiger partial charge in [-0.3, -0.25) is 9.89 Å². The van der Waals surface area contributed by atoms with Crippen molar-refractivity contribution in [3.8, 4) is 0 Å². The van der Waals surface area contributed by atoms with Gasteiger partial charge in [-0.2, -0.15) is 5.10 Å². The molecule has 0 aliphatic rings. The molecule has 0 fully saturated rings. The quantitative estimate of drug-likeness (QED) is 0.562. The van der Waals surface area contributed by atoms with Gasteiger partial charge in [-0.1, -0.05) is 0 Å². The molecule has 1 aromatic carbocycles. The maximum absolute atomic E-state index is 12.1. The van der Waals surface area contributed by atoms with Gasteiger partial charge >= 0.3 is 0 Å². The number of aliphatic hydroxyl groups excluding tert-OH is 1. The second-order valence-electron chi connectivity index (χ2n) is 4.19.